The molecule has 0 unspecified atom stereocenters. The lowest BCUT2D eigenvalue weighted by atomic mass is 10.2. The summed E-state index contributed by atoms with van der Waals surface area (Å²) in [6, 6.07) is 7.74. The summed E-state index contributed by atoms with van der Waals surface area (Å²) in [5, 5.41) is 11.7. The number of nitrogens with one attached hydrogen (secondary N) is 1. The lowest BCUT2D eigenvalue weighted by Gasteiger charge is -2.22. The number of benzene rings is 1. The van der Waals surface area contributed by atoms with Gasteiger partial charge in [-0.25, -0.2) is 0 Å². The van der Waals surface area contributed by atoms with E-state index in [4.69, 9.17) is 5.26 Å². The molecule has 1 fully saturated rings. The molecule has 0 aliphatic carbocycles. The fourth-order valence-electron chi connectivity index (χ4n) is 1.82. The molecule has 0 saturated carbocycles. The van der Waals surface area contributed by atoms with Gasteiger partial charge in [0.05, 0.1) is 5.56 Å². The Hall–Kier alpha value is -1.54. The van der Waals surface area contributed by atoms with Crippen LogP contribution < -0.4 is 10.2 Å². The van der Waals surface area contributed by atoms with Crippen molar-refractivity contribution in [2.75, 3.05) is 24.5 Å². The third-order valence-electron chi connectivity index (χ3n) is 2.75. The van der Waals surface area contributed by atoms with Crippen molar-refractivity contribution in [1.82, 2.24) is 5.32 Å². The maximum Gasteiger partial charge on any atom is 0.221 e. The van der Waals surface area contributed by atoms with Crippen molar-refractivity contribution in [3.8, 4) is 6.07 Å². The highest BCUT2D eigenvalue weighted by Gasteiger charge is 2.14. The Labute approximate surface area is 108 Å². The molecule has 17 heavy (non-hydrogen) atoms. The highest BCUT2D eigenvalue weighted by atomic mass is 79.9. The van der Waals surface area contributed by atoms with Gasteiger partial charge < -0.3 is 10.2 Å². The predicted octanol–water partition coefficient (Wildman–Crippen LogP) is 1.65. The van der Waals surface area contributed by atoms with Crippen LogP contribution in [0.1, 0.15) is 12.0 Å². The summed E-state index contributed by atoms with van der Waals surface area (Å²) in [5.41, 5.74) is 1.66. The summed E-state index contributed by atoms with van der Waals surface area (Å²) in [4.78, 5) is 13.4. The standard InChI is InChI=1S/C12H12BrN3O/c13-11-7-10(2-1-9(11)8-14)16-5-3-12(17)15-4-6-16/h1-2,7H,3-6H2,(H,15,17). The highest BCUT2D eigenvalue weighted by molar-refractivity contribution is 9.10. The molecule has 0 atom stereocenters. The quantitative estimate of drug-likeness (QED) is 0.857. The second-order valence-corrected chi connectivity index (χ2v) is 4.72. The van der Waals surface area contributed by atoms with Gasteiger partial charge in [0.1, 0.15) is 6.07 Å². The zero-order chi connectivity index (χ0) is 12.3. The predicted molar refractivity (Wildman–Crippen MR) is 68.7 cm³/mol. The normalized spacial score (nSPS) is 16.0. The average molecular weight is 294 g/mol. The largest absolute Gasteiger partial charge is 0.369 e. The van der Waals surface area contributed by atoms with E-state index in [9.17, 15) is 4.79 Å². The molecular formula is C12H12BrN3O. The molecule has 1 aromatic carbocycles. The maximum absolute atomic E-state index is 11.2. The van der Waals surface area contributed by atoms with Crippen LogP contribution in [0.15, 0.2) is 22.7 Å². The lowest BCUT2D eigenvalue weighted by molar-refractivity contribution is -0.120. The Morgan fingerprint density at radius 3 is 2.94 bits per heavy atom. The third kappa shape index (κ3) is 2.77. The molecule has 88 valence electrons. The smallest absolute Gasteiger partial charge is 0.221 e. The van der Waals surface area contributed by atoms with Crippen molar-refractivity contribution in [3.05, 3.63) is 28.2 Å². The number of nitrogens with zero attached hydrogens (tertiary/aromatic N) is 2. The van der Waals surface area contributed by atoms with Crippen molar-refractivity contribution in [1.29, 1.82) is 5.26 Å². The van der Waals surface area contributed by atoms with E-state index in [1.165, 1.54) is 0 Å². The summed E-state index contributed by atoms with van der Waals surface area (Å²) >= 11 is 3.37. The van der Waals surface area contributed by atoms with Crippen LogP contribution in [0.25, 0.3) is 0 Å². The number of hydrogen-bond donors (Lipinski definition) is 1. The van der Waals surface area contributed by atoms with Gasteiger partial charge in [0.15, 0.2) is 0 Å². The van der Waals surface area contributed by atoms with Gasteiger partial charge in [-0.15, -0.1) is 0 Å². The topological polar surface area (TPSA) is 56.1 Å². The van der Waals surface area contributed by atoms with Crippen LogP contribution >= 0.6 is 15.9 Å². The fraction of sp³-hybridized carbons (Fsp3) is 0.333. The number of amides is 1. The third-order valence-corrected chi connectivity index (χ3v) is 3.41. The van der Waals surface area contributed by atoms with E-state index in [-0.39, 0.29) is 5.91 Å². The monoisotopic (exact) mass is 293 g/mol. The van der Waals surface area contributed by atoms with Crippen molar-refractivity contribution in [2.45, 2.75) is 6.42 Å². The van der Waals surface area contributed by atoms with E-state index < -0.39 is 0 Å². The first-order valence-corrected chi connectivity index (χ1v) is 6.21. The Morgan fingerprint density at radius 1 is 1.41 bits per heavy atom. The molecule has 0 bridgehead atoms. The molecule has 1 saturated heterocycles. The first kappa shape index (κ1) is 11.9. The highest BCUT2D eigenvalue weighted by Crippen LogP contribution is 2.24. The Morgan fingerprint density at radius 2 is 2.24 bits per heavy atom. The number of carbonyl (C=O) groups is 1. The number of nitriles is 1. The molecule has 1 aromatic rings. The number of rotatable bonds is 1. The van der Waals surface area contributed by atoms with Crippen molar-refractivity contribution >= 4 is 27.5 Å². The van der Waals surface area contributed by atoms with Crippen LogP contribution in [0, 0.1) is 11.3 Å². The molecule has 4 nitrogen and oxygen atoms in total. The molecule has 0 radical (unpaired) electrons. The van der Waals surface area contributed by atoms with Gasteiger partial charge >= 0.3 is 0 Å². The second-order valence-electron chi connectivity index (χ2n) is 3.86. The zero-order valence-corrected chi connectivity index (χ0v) is 10.8. The molecule has 0 aromatic heterocycles. The molecular weight excluding hydrogens is 282 g/mol. The molecule has 1 N–H and O–H groups in total. The second kappa shape index (κ2) is 5.19. The SMILES string of the molecule is N#Cc1ccc(N2CCNC(=O)CC2)cc1Br. The van der Waals surface area contributed by atoms with E-state index in [1.54, 1.807) is 6.07 Å². The summed E-state index contributed by atoms with van der Waals surface area (Å²) in [6.45, 7) is 2.17. The van der Waals surface area contributed by atoms with E-state index in [0.717, 1.165) is 16.7 Å². The number of carbonyl (C=O) groups excluding carboxylic acids is 1. The van der Waals surface area contributed by atoms with Gasteiger partial charge in [0.2, 0.25) is 5.91 Å². The zero-order valence-electron chi connectivity index (χ0n) is 9.24. The van der Waals surface area contributed by atoms with Crippen molar-refractivity contribution < 1.29 is 4.79 Å². The van der Waals surface area contributed by atoms with Crippen LogP contribution in [-0.2, 0) is 4.79 Å². The summed E-state index contributed by atoms with van der Waals surface area (Å²) in [6.07, 6.45) is 0.512. The van der Waals surface area contributed by atoms with Gasteiger partial charge in [0, 0.05) is 36.2 Å². The molecule has 0 spiro atoms. The summed E-state index contributed by atoms with van der Waals surface area (Å²) in [7, 11) is 0. The number of hydrogen-bond acceptors (Lipinski definition) is 3. The lowest BCUT2D eigenvalue weighted by Crippen LogP contribution is -2.28. The summed E-state index contributed by atoms with van der Waals surface area (Å²) in [5.74, 6) is 0.0974. The van der Waals surface area contributed by atoms with Gasteiger partial charge in [-0.1, -0.05) is 0 Å². The van der Waals surface area contributed by atoms with Gasteiger partial charge in [-0.05, 0) is 34.1 Å². The van der Waals surface area contributed by atoms with Crippen LogP contribution in [0.2, 0.25) is 0 Å². The Kier molecular flexibility index (Phi) is 3.64. The molecule has 5 heteroatoms. The number of halogens is 1. The van der Waals surface area contributed by atoms with E-state index >= 15 is 0 Å². The fourth-order valence-corrected chi connectivity index (χ4v) is 2.27. The average Bonchev–Trinajstić information content (AvgIpc) is 2.54. The first-order chi connectivity index (χ1) is 8.20. The van der Waals surface area contributed by atoms with Gasteiger partial charge in [-0.2, -0.15) is 5.26 Å². The van der Waals surface area contributed by atoms with E-state index in [0.29, 0.717) is 25.1 Å². The Bertz CT molecular complexity index is 481. The summed E-state index contributed by atoms with van der Waals surface area (Å²) < 4.78 is 0.793. The van der Waals surface area contributed by atoms with Crippen molar-refractivity contribution in [2.24, 2.45) is 0 Å². The minimum Gasteiger partial charge on any atom is -0.369 e. The van der Waals surface area contributed by atoms with Crippen molar-refractivity contribution in [3.63, 3.8) is 0 Å². The molecule has 2 rings (SSSR count). The molecule has 1 heterocycles. The van der Waals surface area contributed by atoms with E-state index in [1.807, 2.05) is 12.1 Å². The Balaban J connectivity index is 2.19. The van der Waals surface area contributed by atoms with Gasteiger partial charge in [-0.3, -0.25) is 4.79 Å². The minimum atomic E-state index is 0.0974. The minimum absolute atomic E-state index is 0.0974. The maximum atomic E-state index is 11.2. The van der Waals surface area contributed by atoms with Gasteiger partial charge in [0.25, 0.3) is 0 Å². The molecule has 1 aliphatic heterocycles. The van der Waals surface area contributed by atoms with E-state index in [2.05, 4.69) is 32.2 Å². The van der Waals surface area contributed by atoms with Crippen LogP contribution in [0.3, 0.4) is 0 Å². The molecule has 1 aliphatic rings. The van der Waals surface area contributed by atoms with Crippen LogP contribution in [0.5, 0.6) is 0 Å². The van der Waals surface area contributed by atoms with Crippen LogP contribution in [0.4, 0.5) is 5.69 Å². The first-order valence-electron chi connectivity index (χ1n) is 5.42. The number of anilines is 1. The van der Waals surface area contributed by atoms with Crippen LogP contribution in [-0.4, -0.2) is 25.5 Å². The molecule has 1 amide bonds.